The number of hydrogen-bond acceptors (Lipinski definition) is 5. The molecule has 0 spiro atoms. The number of hydrogen-bond donors (Lipinski definition) is 1. The molecule has 0 aliphatic heterocycles. The summed E-state index contributed by atoms with van der Waals surface area (Å²) in [6.45, 7) is 0.440. The zero-order valence-electron chi connectivity index (χ0n) is 13.7. The fraction of sp³-hybridized carbons (Fsp3) is 0.0526. The molecule has 1 aromatic heterocycles. The van der Waals surface area contributed by atoms with E-state index in [1.165, 1.54) is 24.8 Å². The van der Waals surface area contributed by atoms with Crippen LogP contribution >= 0.6 is 15.9 Å². The van der Waals surface area contributed by atoms with Crippen molar-refractivity contribution < 1.29 is 9.53 Å². The van der Waals surface area contributed by atoms with E-state index in [1.807, 2.05) is 48.5 Å². The van der Waals surface area contributed by atoms with E-state index in [4.69, 9.17) is 4.74 Å². The number of hydrazone groups is 1. The lowest BCUT2D eigenvalue weighted by Crippen LogP contribution is -2.19. The molecule has 0 fully saturated rings. The number of aromatic nitrogens is 2. The normalized spacial score (nSPS) is 10.7. The summed E-state index contributed by atoms with van der Waals surface area (Å²) < 4.78 is 6.75. The second-order valence-electron chi connectivity index (χ2n) is 5.25. The highest BCUT2D eigenvalue weighted by molar-refractivity contribution is 9.10. The summed E-state index contributed by atoms with van der Waals surface area (Å²) in [5, 5.41) is 3.98. The average Bonchev–Trinajstić information content (AvgIpc) is 2.69. The van der Waals surface area contributed by atoms with E-state index in [2.05, 4.69) is 36.4 Å². The number of nitrogens with zero attached hydrogens (tertiary/aromatic N) is 3. The van der Waals surface area contributed by atoms with Crippen LogP contribution in [0.25, 0.3) is 0 Å². The van der Waals surface area contributed by atoms with Crippen LogP contribution in [0.5, 0.6) is 5.75 Å². The molecule has 0 saturated carbocycles. The Bertz CT molecular complexity index is 902. The zero-order valence-corrected chi connectivity index (χ0v) is 15.3. The molecule has 0 aliphatic carbocycles. The van der Waals surface area contributed by atoms with Crippen molar-refractivity contribution in [1.29, 1.82) is 0 Å². The first-order valence-electron chi connectivity index (χ1n) is 7.78. The third kappa shape index (κ3) is 4.97. The van der Waals surface area contributed by atoms with Crippen LogP contribution in [0.3, 0.4) is 0 Å². The molecular formula is C19H15BrN4O2. The summed E-state index contributed by atoms with van der Waals surface area (Å²) in [7, 11) is 0. The lowest BCUT2D eigenvalue weighted by Gasteiger charge is -2.09. The van der Waals surface area contributed by atoms with E-state index in [9.17, 15) is 4.79 Å². The predicted octanol–water partition coefficient (Wildman–Crippen LogP) is 3.58. The summed E-state index contributed by atoms with van der Waals surface area (Å²) in [5.74, 6) is 0.227. The summed E-state index contributed by atoms with van der Waals surface area (Å²) >= 11 is 3.43. The number of carbonyl (C=O) groups is 1. The maximum absolute atomic E-state index is 11.9. The molecule has 3 aromatic rings. The maximum Gasteiger partial charge on any atom is 0.291 e. The van der Waals surface area contributed by atoms with Crippen molar-refractivity contribution in [2.24, 2.45) is 5.10 Å². The molecule has 26 heavy (non-hydrogen) atoms. The number of benzene rings is 2. The van der Waals surface area contributed by atoms with Crippen molar-refractivity contribution in [1.82, 2.24) is 15.4 Å². The molecule has 1 heterocycles. The number of carbonyl (C=O) groups excluding carboxylic acids is 1. The molecule has 0 aliphatic rings. The van der Waals surface area contributed by atoms with E-state index in [0.29, 0.717) is 12.4 Å². The lowest BCUT2D eigenvalue weighted by molar-refractivity contribution is 0.0949. The minimum absolute atomic E-state index is 0.194. The van der Waals surface area contributed by atoms with Crippen LogP contribution < -0.4 is 10.2 Å². The van der Waals surface area contributed by atoms with Crippen molar-refractivity contribution in [2.45, 2.75) is 6.61 Å². The van der Waals surface area contributed by atoms with Crippen LogP contribution in [-0.2, 0) is 6.61 Å². The number of amides is 1. The van der Waals surface area contributed by atoms with Gasteiger partial charge in [-0.1, -0.05) is 46.3 Å². The van der Waals surface area contributed by atoms with Crippen LogP contribution in [0.2, 0.25) is 0 Å². The molecule has 1 N–H and O–H groups in total. The van der Waals surface area contributed by atoms with Crippen LogP contribution in [-0.4, -0.2) is 22.1 Å². The molecule has 0 bridgehead atoms. The van der Waals surface area contributed by atoms with Crippen molar-refractivity contribution in [3.05, 3.63) is 88.4 Å². The Labute approximate surface area is 159 Å². The zero-order chi connectivity index (χ0) is 18.2. The first kappa shape index (κ1) is 17.8. The number of ether oxygens (including phenoxy) is 1. The quantitative estimate of drug-likeness (QED) is 0.497. The highest BCUT2D eigenvalue weighted by atomic mass is 79.9. The molecule has 130 valence electrons. The van der Waals surface area contributed by atoms with Gasteiger partial charge < -0.3 is 4.74 Å². The van der Waals surface area contributed by atoms with E-state index in [0.717, 1.165) is 15.6 Å². The van der Waals surface area contributed by atoms with Crippen molar-refractivity contribution in [3.63, 3.8) is 0 Å². The monoisotopic (exact) mass is 410 g/mol. The van der Waals surface area contributed by atoms with Gasteiger partial charge in [0.25, 0.3) is 5.91 Å². The molecular weight excluding hydrogens is 396 g/mol. The molecule has 2 aromatic carbocycles. The first-order chi connectivity index (χ1) is 12.7. The van der Waals surface area contributed by atoms with Crippen molar-refractivity contribution >= 4 is 28.1 Å². The standard InChI is InChI=1S/C19H15BrN4O2/c20-16-6-7-18(26-13-14-4-2-1-3-5-14)15(10-16)11-23-24-19(25)17-12-21-8-9-22-17/h1-12H,13H2,(H,24,25)/b23-11-. The van der Waals surface area contributed by atoms with Crippen LogP contribution in [0.15, 0.2) is 76.7 Å². The molecule has 6 nitrogen and oxygen atoms in total. The Balaban J connectivity index is 1.68. The fourth-order valence-corrected chi connectivity index (χ4v) is 2.50. The van der Waals surface area contributed by atoms with Crippen LogP contribution in [0.4, 0.5) is 0 Å². The Morgan fingerprint density at radius 2 is 2.04 bits per heavy atom. The average molecular weight is 411 g/mol. The van der Waals surface area contributed by atoms with E-state index < -0.39 is 5.91 Å². The fourth-order valence-electron chi connectivity index (χ4n) is 2.12. The Morgan fingerprint density at radius 3 is 2.81 bits per heavy atom. The Hall–Kier alpha value is -3.06. The molecule has 7 heteroatoms. The molecule has 0 unspecified atom stereocenters. The van der Waals surface area contributed by atoms with Gasteiger partial charge in [0.1, 0.15) is 18.1 Å². The second-order valence-corrected chi connectivity index (χ2v) is 6.16. The molecule has 0 atom stereocenters. The topological polar surface area (TPSA) is 76.5 Å². The van der Waals surface area contributed by atoms with Gasteiger partial charge in [-0.15, -0.1) is 0 Å². The van der Waals surface area contributed by atoms with Crippen molar-refractivity contribution in [2.75, 3.05) is 0 Å². The molecule has 0 saturated heterocycles. The molecule has 1 amide bonds. The van der Waals surface area contributed by atoms with Gasteiger partial charge in [0, 0.05) is 22.4 Å². The van der Waals surface area contributed by atoms with Crippen molar-refractivity contribution in [3.8, 4) is 5.75 Å². The third-order valence-corrected chi connectivity index (χ3v) is 3.87. The van der Waals surface area contributed by atoms with E-state index >= 15 is 0 Å². The Kier molecular flexibility index (Phi) is 6.05. The maximum atomic E-state index is 11.9. The van der Waals surface area contributed by atoms with Crippen LogP contribution in [0, 0.1) is 0 Å². The molecule has 3 rings (SSSR count). The lowest BCUT2D eigenvalue weighted by atomic mass is 10.2. The van der Waals surface area contributed by atoms with Gasteiger partial charge in [-0.05, 0) is 23.8 Å². The number of halogens is 1. The van der Waals surface area contributed by atoms with Gasteiger partial charge in [-0.3, -0.25) is 9.78 Å². The Morgan fingerprint density at radius 1 is 1.19 bits per heavy atom. The summed E-state index contributed by atoms with van der Waals surface area (Å²) in [4.78, 5) is 19.7. The third-order valence-electron chi connectivity index (χ3n) is 3.37. The van der Waals surface area contributed by atoms with Gasteiger partial charge in [0.05, 0.1) is 12.4 Å². The summed E-state index contributed by atoms with van der Waals surface area (Å²) in [6, 6.07) is 15.5. The van der Waals surface area contributed by atoms with Gasteiger partial charge >= 0.3 is 0 Å². The smallest absolute Gasteiger partial charge is 0.291 e. The van der Waals surface area contributed by atoms with Gasteiger partial charge in [-0.25, -0.2) is 10.4 Å². The largest absolute Gasteiger partial charge is 0.488 e. The van der Waals surface area contributed by atoms with Gasteiger partial charge in [0.2, 0.25) is 0 Å². The van der Waals surface area contributed by atoms with Gasteiger partial charge in [0.15, 0.2) is 0 Å². The van der Waals surface area contributed by atoms with E-state index in [-0.39, 0.29) is 5.69 Å². The first-order valence-corrected chi connectivity index (χ1v) is 8.57. The number of rotatable bonds is 6. The van der Waals surface area contributed by atoms with Crippen LogP contribution in [0.1, 0.15) is 21.6 Å². The number of nitrogens with one attached hydrogen (secondary N) is 1. The SMILES string of the molecule is O=C(N/N=C\c1cc(Br)ccc1OCc1ccccc1)c1cnccn1. The van der Waals surface area contributed by atoms with Gasteiger partial charge in [-0.2, -0.15) is 5.10 Å². The summed E-state index contributed by atoms with van der Waals surface area (Å²) in [5.41, 5.74) is 4.41. The second kappa shape index (κ2) is 8.87. The predicted molar refractivity (Wildman–Crippen MR) is 102 cm³/mol. The van der Waals surface area contributed by atoms with E-state index in [1.54, 1.807) is 0 Å². The minimum atomic E-state index is -0.434. The highest BCUT2D eigenvalue weighted by Gasteiger charge is 2.06. The summed E-state index contributed by atoms with van der Waals surface area (Å²) in [6.07, 6.45) is 5.85. The minimum Gasteiger partial charge on any atom is -0.488 e. The highest BCUT2D eigenvalue weighted by Crippen LogP contribution is 2.22. The molecule has 0 radical (unpaired) electrons.